The standard InChI is InChI=1S/C18H24N2O4/c1-13-16(17(22)19-12-18(23)8-5-9-18)20(15(21)11-24-13)10-14-6-3-2-4-7-14/h2-4,6-7,13,16,23H,5,8-12H2,1H3,(H,19,22)/t13-,16+/m1/s1. The summed E-state index contributed by atoms with van der Waals surface area (Å²) in [6, 6.07) is 8.90. The van der Waals surface area contributed by atoms with Crippen LogP contribution in [0.15, 0.2) is 30.3 Å². The molecule has 3 rings (SSSR count). The number of amides is 2. The lowest BCUT2D eigenvalue weighted by Gasteiger charge is -2.40. The predicted molar refractivity (Wildman–Crippen MR) is 88.0 cm³/mol. The number of carbonyl (C=O) groups is 2. The summed E-state index contributed by atoms with van der Waals surface area (Å²) < 4.78 is 5.45. The number of hydrogen-bond donors (Lipinski definition) is 2. The van der Waals surface area contributed by atoms with Gasteiger partial charge in [0.25, 0.3) is 0 Å². The molecule has 1 aliphatic carbocycles. The van der Waals surface area contributed by atoms with Crippen molar-refractivity contribution in [1.29, 1.82) is 0 Å². The molecule has 0 aromatic heterocycles. The molecule has 2 N–H and O–H groups in total. The second kappa shape index (κ2) is 6.91. The topological polar surface area (TPSA) is 78.9 Å². The van der Waals surface area contributed by atoms with Gasteiger partial charge >= 0.3 is 0 Å². The highest BCUT2D eigenvalue weighted by atomic mass is 16.5. The molecular formula is C18H24N2O4. The molecule has 1 aromatic carbocycles. The van der Waals surface area contributed by atoms with Crippen molar-refractivity contribution >= 4 is 11.8 Å². The number of ether oxygens (including phenoxy) is 1. The van der Waals surface area contributed by atoms with E-state index in [-0.39, 0.29) is 31.1 Å². The number of benzene rings is 1. The zero-order valence-corrected chi connectivity index (χ0v) is 13.9. The largest absolute Gasteiger partial charge is 0.388 e. The van der Waals surface area contributed by atoms with E-state index < -0.39 is 11.6 Å². The maximum Gasteiger partial charge on any atom is 0.249 e. The molecule has 1 heterocycles. The van der Waals surface area contributed by atoms with E-state index in [0.29, 0.717) is 19.4 Å². The Bertz CT molecular complexity index is 600. The Balaban J connectivity index is 1.70. The van der Waals surface area contributed by atoms with E-state index in [1.165, 1.54) is 0 Å². The van der Waals surface area contributed by atoms with E-state index in [4.69, 9.17) is 4.74 Å². The Hall–Kier alpha value is -1.92. The molecule has 1 aliphatic heterocycles. The molecule has 0 spiro atoms. The van der Waals surface area contributed by atoms with Gasteiger partial charge in [-0.3, -0.25) is 9.59 Å². The maximum absolute atomic E-state index is 12.6. The molecule has 24 heavy (non-hydrogen) atoms. The van der Waals surface area contributed by atoms with Crippen molar-refractivity contribution in [2.75, 3.05) is 13.2 Å². The van der Waals surface area contributed by atoms with E-state index in [1.54, 1.807) is 11.8 Å². The van der Waals surface area contributed by atoms with Crippen molar-refractivity contribution < 1.29 is 19.4 Å². The second-order valence-corrected chi connectivity index (χ2v) is 6.76. The van der Waals surface area contributed by atoms with E-state index >= 15 is 0 Å². The molecule has 130 valence electrons. The summed E-state index contributed by atoms with van der Waals surface area (Å²) in [4.78, 5) is 26.5. The Morgan fingerprint density at radius 2 is 2.08 bits per heavy atom. The van der Waals surface area contributed by atoms with E-state index in [0.717, 1.165) is 12.0 Å². The highest BCUT2D eigenvalue weighted by molar-refractivity contribution is 5.89. The van der Waals surface area contributed by atoms with Gasteiger partial charge in [0.05, 0.1) is 11.7 Å². The van der Waals surface area contributed by atoms with Gasteiger partial charge < -0.3 is 20.1 Å². The van der Waals surface area contributed by atoms with E-state index in [9.17, 15) is 14.7 Å². The van der Waals surface area contributed by atoms with Gasteiger partial charge in [0.2, 0.25) is 11.8 Å². The van der Waals surface area contributed by atoms with Gasteiger partial charge in [0, 0.05) is 13.1 Å². The molecular weight excluding hydrogens is 308 g/mol. The fourth-order valence-corrected chi connectivity index (χ4v) is 3.22. The van der Waals surface area contributed by atoms with Gasteiger partial charge in [0.15, 0.2) is 0 Å². The molecule has 6 nitrogen and oxygen atoms in total. The Labute approximate surface area is 141 Å². The van der Waals surface area contributed by atoms with Crippen molar-refractivity contribution in [3.63, 3.8) is 0 Å². The number of aliphatic hydroxyl groups is 1. The van der Waals surface area contributed by atoms with Crippen LogP contribution in [0.25, 0.3) is 0 Å². The van der Waals surface area contributed by atoms with Crippen LogP contribution >= 0.6 is 0 Å². The van der Waals surface area contributed by atoms with E-state index in [2.05, 4.69) is 5.32 Å². The zero-order chi connectivity index (χ0) is 17.2. The molecule has 2 aliphatic rings. The van der Waals surface area contributed by atoms with Crippen LogP contribution in [0, 0.1) is 0 Å². The SMILES string of the molecule is C[C@H]1OCC(=O)N(Cc2ccccc2)[C@@H]1C(=O)NCC1(O)CCC1. The Kier molecular flexibility index (Phi) is 4.87. The smallest absolute Gasteiger partial charge is 0.249 e. The quantitative estimate of drug-likeness (QED) is 0.837. The Morgan fingerprint density at radius 1 is 1.38 bits per heavy atom. The summed E-state index contributed by atoms with van der Waals surface area (Å²) in [7, 11) is 0. The number of nitrogens with one attached hydrogen (secondary N) is 1. The van der Waals surface area contributed by atoms with E-state index in [1.807, 2.05) is 30.3 Å². The summed E-state index contributed by atoms with van der Waals surface area (Å²) in [5, 5.41) is 12.9. The zero-order valence-electron chi connectivity index (χ0n) is 13.9. The summed E-state index contributed by atoms with van der Waals surface area (Å²) in [6.07, 6.45) is 2.00. The first-order chi connectivity index (χ1) is 11.5. The molecule has 0 unspecified atom stereocenters. The predicted octanol–water partition coefficient (Wildman–Crippen LogP) is 0.834. The average Bonchev–Trinajstić information content (AvgIpc) is 2.55. The molecule has 1 saturated carbocycles. The minimum atomic E-state index is -0.789. The summed E-state index contributed by atoms with van der Waals surface area (Å²) >= 11 is 0. The third-order valence-electron chi connectivity index (χ3n) is 4.91. The number of hydrogen-bond acceptors (Lipinski definition) is 4. The lowest BCUT2D eigenvalue weighted by atomic mass is 9.80. The fraction of sp³-hybridized carbons (Fsp3) is 0.556. The van der Waals surface area contributed by atoms with Gasteiger partial charge in [-0.2, -0.15) is 0 Å². The van der Waals surface area contributed by atoms with Crippen molar-refractivity contribution in [3.05, 3.63) is 35.9 Å². The van der Waals surface area contributed by atoms with Crippen molar-refractivity contribution in [2.24, 2.45) is 0 Å². The molecule has 2 atom stereocenters. The minimum absolute atomic E-state index is 0.0122. The first-order valence-electron chi connectivity index (χ1n) is 8.44. The van der Waals surface area contributed by atoms with Crippen LogP contribution in [0.5, 0.6) is 0 Å². The van der Waals surface area contributed by atoms with Crippen molar-refractivity contribution in [3.8, 4) is 0 Å². The monoisotopic (exact) mass is 332 g/mol. The van der Waals surface area contributed by atoms with Crippen LogP contribution in [0.4, 0.5) is 0 Å². The first kappa shape index (κ1) is 16.9. The Morgan fingerprint density at radius 3 is 2.71 bits per heavy atom. The molecule has 0 radical (unpaired) electrons. The highest BCUT2D eigenvalue weighted by Gasteiger charge is 2.41. The molecule has 2 fully saturated rings. The lowest BCUT2D eigenvalue weighted by Crippen LogP contribution is -2.61. The summed E-state index contributed by atoms with van der Waals surface area (Å²) in [5.41, 5.74) is 0.179. The van der Waals surface area contributed by atoms with Gasteiger partial charge in [-0.15, -0.1) is 0 Å². The molecule has 1 saturated heterocycles. The molecule has 1 aromatic rings. The average molecular weight is 332 g/mol. The third-order valence-corrected chi connectivity index (χ3v) is 4.91. The molecule has 2 amide bonds. The second-order valence-electron chi connectivity index (χ2n) is 6.76. The van der Waals surface area contributed by atoms with Gasteiger partial charge in [-0.1, -0.05) is 30.3 Å². The highest BCUT2D eigenvalue weighted by Crippen LogP contribution is 2.30. The van der Waals surface area contributed by atoms with Crippen molar-refractivity contribution in [2.45, 2.75) is 50.5 Å². The normalized spacial score (nSPS) is 25.9. The van der Waals surface area contributed by atoms with Gasteiger partial charge in [-0.25, -0.2) is 0 Å². The van der Waals surface area contributed by atoms with Crippen LogP contribution in [0.2, 0.25) is 0 Å². The first-order valence-corrected chi connectivity index (χ1v) is 8.44. The van der Waals surface area contributed by atoms with Gasteiger partial charge in [0.1, 0.15) is 12.6 Å². The van der Waals surface area contributed by atoms with Crippen molar-refractivity contribution in [1.82, 2.24) is 10.2 Å². The molecule has 0 bridgehead atoms. The number of carbonyl (C=O) groups excluding carboxylic acids is 2. The number of nitrogens with zero attached hydrogens (tertiary/aromatic N) is 1. The maximum atomic E-state index is 12.6. The third kappa shape index (κ3) is 3.60. The van der Waals surface area contributed by atoms with Crippen LogP contribution < -0.4 is 5.32 Å². The van der Waals surface area contributed by atoms with Crippen LogP contribution in [-0.2, 0) is 20.9 Å². The van der Waals surface area contributed by atoms with Crippen LogP contribution in [-0.4, -0.2) is 52.7 Å². The number of morpholine rings is 1. The number of rotatable bonds is 5. The summed E-state index contributed by atoms with van der Waals surface area (Å²) in [6.45, 7) is 2.38. The van der Waals surface area contributed by atoms with Crippen LogP contribution in [0.1, 0.15) is 31.7 Å². The summed E-state index contributed by atoms with van der Waals surface area (Å²) in [5.74, 6) is -0.466. The fourth-order valence-electron chi connectivity index (χ4n) is 3.22. The lowest BCUT2D eigenvalue weighted by molar-refractivity contribution is -0.163. The minimum Gasteiger partial charge on any atom is -0.388 e. The molecule has 6 heteroatoms. The van der Waals surface area contributed by atoms with Crippen LogP contribution in [0.3, 0.4) is 0 Å². The van der Waals surface area contributed by atoms with Gasteiger partial charge in [-0.05, 0) is 31.7 Å².